The van der Waals surface area contributed by atoms with Crippen LogP contribution in [0.2, 0.25) is 5.02 Å². The molecule has 25 heavy (non-hydrogen) atoms. The van der Waals surface area contributed by atoms with Gasteiger partial charge >= 0.3 is 0 Å². The Morgan fingerprint density at radius 1 is 1.16 bits per heavy atom. The minimum atomic E-state index is 0. The van der Waals surface area contributed by atoms with Gasteiger partial charge in [0.05, 0.1) is 19.3 Å². The zero-order chi connectivity index (χ0) is 17.5. The molecule has 0 radical (unpaired) electrons. The maximum Gasteiger partial charge on any atom is 0.191 e. The Balaban J connectivity index is 0.00000312. The third kappa shape index (κ3) is 6.04. The van der Waals surface area contributed by atoms with Crippen LogP contribution >= 0.6 is 35.6 Å². The summed E-state index contributed by atoms with van der Waals surface area (Å²) in [4.78, 5) is 8.72. The highest BCUT2D eigenvalue weighted by atomic mass is 127. The van der Waals surface area contributed by atoms with E-state index in [2.05, 4.69) is 20.6 Å². The molecule has 2 aromatic rings. The van der Waals surface area contributed by atoms with Gasteiger partial charge in [-0.15, -0.1) is 24.0 Å². The Labute approximate surface area is 171 Å². The molecule has 136 valence electrons. The van der Waals surface area contributed by atoms with Crippen LogP contribution in [0.4, 0.5) is 0 Å². The number of halogens is 2. The average molecular weight is 475 g/mol. The summed E-state index contributed by atoms with van der Waals surface area (Å²) in [6, 6.07) is 7.72. The Hall–Kier alpha value is -1.54. The van der Waals surface area contributed by atoms with Gasteiger partial charge in [-0.1, -0.05) is 23.7 Å². The number of hydrogen-bond acceptors (Lipinski definition) is 3. The third-order valence-electron chi connectivity index (χ3n) is 3.77. The second-order valence-corrected chi connectivity index (χ2v) is 5.89. The lowest BCUT2D eigenvalue weighted by molar-refractivity contribution is 0.406. The van der Waals surface area contributed by atoms with Crippen molar-refractivity contribution in [3.63, 3.8) is 0 Å². The number of aryl methyl sites for hydroxylation is 1. The van der Waals surface area contributed by atoms with E-state index in [1.807, 2.05) is 44.3 Å². The van der Waals surface area contributed by atoms with E-state index in [-0.39, 0.29) is 24.0 Å². The largest absolute Gasteiger partial charge is 0.496 e. The van der Waals surface area contributed by atoms with E-state index in [9.17, 15) is 0 Å². The van der Waals surface area contributed by atoms with Gasteiger partial charge in [-0.25, -0.2) is 0 Å². The zero-order valence-electron chi connectivity index (χ0n) is 14.9. The first-order valence-electron chi connectivity index (χ1n) is 7.73. The average Bonchev–Trinajstić information content (AvgIpc) is 2.58. The normalized spacial score (nSPS) is 10.8. The van der Waals surface area contributed by atoms with Gasteiger partial charge in [-0.2, -0.15) is 0 Å². The number of aromatic nitrogens is 1. The molecule has 0 amide bonds. The highest BCUT2D eigenvalue weighted by Gasteiger charge is 2.09. The van der Waals surface area contributed by atoms with E-state index in [1.54, 1.807) is 14.2 Å². The van der Waals surface area contributed by atoms with Gasteiger partial charge < -0.3 is 15.4 Å². The molecule has 1 heterocycles. The molecule has 0 aliphatic carbocycles. The smallest absolute Gasteiger partial charge is 0.191 e. The molecule has 0 atom stereocenters. The third-order valence-corrected chi connectivity index (χ3v) is 4.02. The van der Waals surface area contributed by atoms with Crippen LogP contribution in [0.1, 0.15) is 22.4 Å². The molecule has 0 fully saturated rings. The monoisotopic (exact) mass is 474 g/mol. The molecule has 2 rings (SSSR count). The summed E-state index contributed by atoms with van der Waals surface area (Å²) in [5.74, 6) is 1.59. The van der Waals surface area contributed by atoms with Crippen LogP contribution in [-0.2, 0) is 13.1 Å². The van der Waals surface area contributed by atoms with Gasteiger partial charge in [0, 0.05) is 35.9 Å². The van der Waals surface area contributed by atoms with Crippen molar-refractivity contribution in [3.05, 3.63) is 57.9 Å². The van der Waals surface area contributed by atoms with E-state index >= 15 is 0 Å². The zero-order valence-corrected chi connectivity index (χ0v) is 18.0. The fourth-order valence-electron chi connectivity index (χ4n) is 2.43. The molecular formula is C18H24ClIN4O. The van der Waals surface area contributed by atoms with Gasteiger partial charge in [0.15, 0.2) is 5.96 Å². The number of aliphatic imine (C=N–C) groups is 1. The van der Waals surface area contributed by atoms with Crippen molar-refractivity contribution in [3.8, 4) is 5.75 Å². The lowest BCUT2D eigenvalue weighted by Gasteiger charge is -2.15. The second-order valence-electron chi connectivity index (χ2n) is 5.45. The molecule has 0 unspecified atom stereocenters. The number of methoxy groups -OCH3 is 1. The molecular weight excluding hydrogens is 451 g/mol. The number of nitrogens with zero attached hydrogens (tertiary/aromatic N) is 2. The first-order chi connectivity index (χ1) is 11.5. The molecule has 2 N–H and O–H groups in total. The molecule has 0 saturated heterocycles. The summed E-state index contributed by atoms with van der Waals surface area (Å²) in [5, 5.41) is 7.28. The van der Waals surface area contributed by atoms with Crippen molar-refractivity contribution in [2.75, 3.05) is 14.2 Å². The number of pyridine rings is 1. The predicted molar refractivity (Wildman–Crippen MR) is 114 cm³/mol. The Morgan fingerprint density at radius 2 is 1.80 bits per heavy atom. The molecule has 1 aromatic carbocycles. The molecule has 7 heteroatoms. The van der Waals surface area contributed by atoms with Crippen LogP contribution in [0.25, 0.3) is 0 Å². The van der Waals surface area contributed by atoms with Gasteiger partial charge in [-0.05, 0) is 31.5 Å². The van der Waals surface area contributed by atoms with E-state index in [4.69, 9.17) is 16.3 Å². The Bertz CT molecular complexity index is 720. The van der Waals surface area contributed by atoms with Crippen LogP contribution in [-0.4, -0.2) is 25.1 Å². The SMILES string of the molecule is CN=C(NCc1ccc(Cl)cc1)NCc1ncc(C)c(OC)c1C.I. The topological polar surface area (TPSA) is 58.5 Å². The van der Waals surface area contributed by atoms with Crippen molar-refractivity contribution < 1.29 is 4.74 Å². The number of hydrogen-bond donors (Lipinski definition) is 2. The van der Waals surface area contributed by atoms with Crippen molar-refractivity contribution in [2.45, 2.75) is 26.9 Å². The standard InChI is InChI=1S/C18H23ClN4O.HI/c1-12-9-21-16(13(2)17(12)24-4)11-23-18(20-3)22-10-14-5-7-15(19)8-6-14;/h5-9H,10-11H2,1-4H3,(H2,20,22,23);1H. The highest BCUT2D eigenvalue weighted by Crippen LogP contribution is 2.23. The maximum absolute atomic E-state index is 5.90. The molecule has 1 aromatic heterocycles. The van der Waals surface area contributed by atoms with Crippen molar-refractivity contribution >= 4 is 41.5 Å². The van der Waals surface area contributed by atoms with Crippen LogP contribution in [0.3, 0.4) is 0 Å². The first kappa shape index (κ1) is 21.5. The molecule has 0 spiro atoms. The van der Waals surface area contributed by atoms with E-state index < -0.39 is 0 Å². The lowest BCUT2D eigenvalue weighted by Crippen LogP contribution is -2.36. The summed E-state index contributed by atoms with van der Waals surface area (Å²) in [6.45, 7) is 5.24. The van der Waals surface area contributed by atoms with Gasteiger partial charge in [0.2, 0.25) is 0 Å². The van der Waals surface area contributed by atoms with Crippen LogP contribution in [0.5, 0.6) is 5.75 Å². The van der Waals surface area contributed by atoms with Crippen LogP contribution in [0, 0.1) is 13.8 Å². The maximum atomic E-state index is 5.90. The van der Waals surface area contributed by atoms with Gasteiger partial charge in [0.1, 0.15) is 5.75 Å². The number of ether oxygens (including phenoxy) is 1. The number of rotatable bonds is 5. The quantitative estimate of drug-likeness (QED) is 0.393. The summed E-state index contributed by atoms with van der Waals surface area (Å²) < 4.78 is 5.44. The van der Waals surface area contributed by atoms with E-state index in [0.717, 1.165) is 33.2 Å². The summed E-state index contributed by atoms with van der Waals surface area (Å²) in [7, 11) is 3.42. The van der Waals surface area contributed by atoms with E-state index in [0.29, 0.717) is 19.0 Å². The molecule has 0 saturated carbocycles. The summed E-state index contributed by atoms with van der Waals surface area (Å²) in [6.07, 6.45) is 1.83. The van der Waals surface area contributed by atoms with Crippen LogP contribution in [0.15, 0.2) is 35.5 Å². The fourth-order valence-corrected chi connectivity index (χ4v) is 2.55. The highest BCUT2D eigenvalue weighted by molar-refractivity contribution is 14.0. The predicted octanol–water partition coefficient (Wildman–Crippen LogP) is 3.84. The summed E-state index contributed by atoms with van der Waals surface area (Å²) in [5.41, 5.74) is 4.14. The second kappa shape index (κ2) is 10.5. The van der Waals surface area contributed by atoms with E-state index in [1.165, 1.54) is 0 Å². The Kier molecular flexibility index (Phi) is 8.99. The fraction of sp³-hybridized carbons (Fsp3) is 0.333. The first-order valence-corrected chi connectivity index (χ1v) is 8.11. The van der Waals surface area contributed by atoms with Crippen molar-refractivity contribution in [2.24, 2.45) is 4.99 Å². The van der Waals surface area contributed by atoms with Crippen molar-refractivity contribution in [1.29, 1.82) is 0 Å². The molecule has 5 nitrogen and oxygen atoms in total. The van der Waals surface area contributed by atoms with Gasteiger partial charge in [0.25, 0.3) is 0 Å². The molecule has 0 aliphatic heterocycles. The van der Waals surface area contributed by atoms with Crippen LogP contribution < -0.4 is 15.4 Å². The molecule has 0 bridgehead atoms. The Morgan fingerprint density at radius 3 is 2.40 bits per heavy atom. The van der Waals surface area contributed by atoms with Gasteiger partial charge in [-0.3, -0.25) is 9.98 Å². The summed E-state index contributed by atoms with van der Waals surface area (Å²) >= 11 is 5.90. The van der Waals surface area contributed by atoms with Crippen molar-refractivity contribution in [1.82, 2.24) is 15.6 Å². The molecule has 0 aliphatic rings. The number of nitrogens with one attached hydrogen (secondary N) is 2. The minimum Gasteiger partial charge on any atom is -0.496 e. The number of benzene rings is 1. The number of guanidine groups is 1. The minimum absolute atomic E-state index is 0. The lowest BCUT2D eigenvalue weighted by atomic mass is 10.1.